The monoisotopic (exact) mass is 299 g/mol. The van der Waals surface area contributed by atoms with Crippen molar-refractivity contribution in [1.82, 2.24) is 15.1 Å². The number of nitrogens with zero attached hydrogens (tertiary/aromatic N) is 2. The third-order valence-electron chi connectivity index (χ3n) is 2.51. The average molecular weight is 299 g/mol. The number of carbonyl (C=O) groups excluding carboxylic acids is 1. The van der Waals surface area contributed by atoms with Gasteiger partial charge in [0.15, 0.2) is 0 Å². The van der Waals surface area contributed by atoms with Gasteiger partial charge in [-0.3, -0.25) is 9.59 Å². The first-order chi connectivity index (χ1) is 9.69. The molecule has 1 heterocycles. The molecule has 0 spiro atoms. The van der Waals surface area contributed by atoms with E-state index in [2.05, 4.69) is 10.4 Å². The lowest BCUT2D eigenvalue weighted by atomic mass is 10.3. The van der Waals surface area contributed by atoms with Crippen molar-refractivity contribution < 1.29 is 9.90 Å². The van der Waals surface area contributed by atoms with Gasteiger partial charge >= 0.3 is 0 Å². The number of nitrogens with one attached hydrogen (secondary N) is 1. The van der Waals surface area contributed by atoms with Crippen LogP contribution in [0.15, 0.2) is 16.9 Å². The molecule has 112 valence electrons. The van der Waals surface area contributed by atoms with Crippen LogP contribution in [0, 0.1) is 0 Å². The van der Waals surface area contributed by atoms with Crippen LogP contribution in [0.1, 0.15) is 30.3 Å². The zero-order valence-corrected chi connectivity index (χ0v) is 12.5. The summed E-state index contributed by atoms with van der Waals surface area (Å²) < 4.78 is 1.31. The Kier molecular flexibility index (Phi) is 7.98. The Balaban J connectivity index is 2.43. The van der Waals surface area contributed by atoms with Gasteiger partial charge in [-0.15, -0.1) is 0 Å². The molecule has 0 unspecified atom stereocenters. The Labute approximate surface area is 122 Å². The maximum atomic E-state index is 11.9. The molecule has 0 aliphatic rings. The maximum absolute atomic E-state index is 11.9. The predicted octanol–water partition coefficient (Wildman–Crippen LogP) is 0.499. The van der Waals surface area contributed by atoms with E-state index in [0.717, 1.165) is 24.3 Å². The Bertz CT molecular complexity index is 476. The number of carbonyl (C=O) groups is 1. The van der Waals surface area contributed by atoms with Crippen LogP contribution in [0.25, 0.3) is 0 Å². The summed E-state index contributed by atoms with van der Waals surface area (Å²) in [6, 6.07) is 2.82. The zero-order valence-electron chi connectivity index (χ0n) is 11.7. The lowest BCUT2D eigenvalue weighted by Crippen LogP contribution is -2.30. The molecule has 1 aromatic rings. The van der Waals surface area contributed by atoms with Crippen molar-refractivity contribution in [3.8, 4) is 0 Å². The van der Waals surface area contributed by atoms with E-state index in [-0.39, 0.29) is 23.8 Å². The van der Waals surface area contributed by atoms with Crippen molar-refractivity contribution >= 4 is 17.7 Å². The van der Waals surface area contributed by atoms with Crippen molar-refractivity contribution in [2.75, 3.05) is 24.7 Å². The highest BCUT2D eigenvalue weighted by Gasteiger charge is 2.08. The molecule has 20 heavy (non-hydrogen) atoms. The second kappa shape index (κ2) is 9.55. The van der Waals surface area contributed by atoms with Crippen molar-refractivity contribution in [3.63, 3.8) is 0 Å². The molecule has 0 aliphatic heterocycles. The summed E-state index contributed by atoms with van der Waals surface area (Å²) in [5.74, 6) is 1.41. The summed E-state index contributed by atoms with van der Waals surface area (Å²) >= 11 is 1.68. The van der Waals surface area contributed by atoms with Crippen LogP contribution in [0.3, 0.4) is 0 Å². The summed E-state index contributed by atoms with van der Waals surface area (Å²) in [6.07, 6.45) is 1.56. The van der Waals surface area contributed by atoms with Gasteiger partial charge in [0.1, 0.15) is 5.69 Å². The summed E-state index contributed by atoms with van der Waals surface area (Å²) in [4.78, 5) is 23.4. The molecule has 0 radical (unpaired) electrons. The van der Waals surface area contributed by atoms with Gasteiger partial charge in [0, 0.05) is 31.5 Å². The smallest absolute Gasteiger partial charge is 0.271 e. The van der Waals surface area contributed by atoms with Crippen LogP contribution < -0.4 is 10.9 Å². The fourth-order valence-electron chi connectivity index (χ4n) is 1.54. The Morgan fingerprint density at radius 1 is 1.45 bits per heavy atom. The highest BCUT2D eigenvalue weighted by Crippen LogP contribution is 2.00. The molecular weight excluding hydrogens is 278 g/mol. The fourth-order valence-corrected chi connectivity index (χ4v) is 2.32. The van der Waals surface area contributed by atoms with Crippen LogP contribution in [0.5, 0.6) is 0 Å². The number of thioether (sulfide) groups is 1. The average Bonchev–Trinajstić information content (AvgIpc) is 2.45. The largest absolute Gasteiger partial charge is 0.396 e. The van der Waals surface area contributed by atoms with Crippen LogP contribution >= 0.6 is 11.8 Å². The highest BCUT2D eigenvalue weighted by molar-refractivity contribution is 7.99. The van der Waals surface area contributed by atoms with Gasteiger partial charge in [-0.1, -0.05) is 6.92 Å². The molecule has 0 fully saturated rings. The number of aliphatic hydroxyl groups excluding tert-OH is 1. The first-order valence-corrected chi connectivity index (χ1v) is 7.89. The van der Waals surface area contributed by atoms with E-state index in [9.17, 15) is 9.59 Å². The van der Waals surface area contributed by atoms with Gasteiger partial charge in [-0.25, -0.2) is 4.68 Å². The third kappa shape index (κ3) is 5.75. The standard InChI is InChI=1S/C13H21N3O3S/c1-2-7-16-12(18)5-4-11(15-16)13(19)14-6-10-20-9-3-8-17/h4-5,17H,2-3,6-10H2,1H3,(H,14,19). The summed E-state index contributed by atoms with van der Waals surface area (Å²) in [5.41, 5.74) is 0.0707. The molecular formula is C13H21N3O3S. The molecule has 0 atom stereocenters. The lowest BCUT2D eigenvalue weighted by molar-refractivity contribution is 0.0948. The van der Waals surface area contributed by atoms with Gasteiger partial charge in [-0.2, -0.15) is 16.9 Å². The first-order valence-electron chi connectivity index (χ1n) is 6.74. The Hall–Kier alpha value is -1.34. The molecule has 0 aromatic carbocycles. The fraction of sp³-hybridized carbons (Fsp3) is 0.615. The number of amides is 1. The van der Waals surface area contributed by atoms with Crippen molar-refractivity contribution in [1.29, 1.82) is 0 Å². The molecule has 1 aromatic heterocycles. The first kappa shape index (κ1) is 16.7. The molecule has 6 nitrogen and oxygen atoms in total. The van der Waals surface area contributed by atoms with Crippen LogP contribution in [-0.4, -0.2) is 45.5 Å². The van der Waals surface area contributed by atoms with E-state index < -0.39 is 0 Å². The van der Waals surface area contributed by atoms with E-state index in [1.165, 1.54) is 16.8 Å². The lowest BCUT2D eigenvalue weighted by Gasteiger charge is -2.07. The molecule has 2 N–H and O–H groups in total. The second-order valence-corrected chi connectivity index (χ2v) is 5.45. The summed E-state index contributed by atoms with van der Waals surface area (Å²) in [5, 5.41) is 15.4. The van der Waals surface area contributed by atoms with Gasteiger partial charge in [0.05, 0.1) is 0 Å². The third-order valence-corrected chi connectivity index (χ3v) is 3.58. The highest BCUT2D eigenvalue weighted by atomic mass is 32.2. The van der Waals surface area contributed by atoms with Crippen molar-refractivity contribution in [3.05, 3.63) is 28.2 Å². The molecule has 7 heteroatoms. The number of aliphatic hydroxyl groups is 1. The van der Waals surface area contributed by atoms with Crippen LogP contribution in [0.4, 0.5) is 0 Å². The topological polar surface area (TPSA) is 84.2 Å². The zero-order chi connectivity index (χ0) is 14.8. The molecule has 0 aliphatic carbocycles. The van der Waals surface area contributed by atoms with E-state index >= 15 is 0 Å². The number of hydrogen-bond donors (Lipinski definition) is 2. The van der Waals surface area contributed by atoms with Gasteiger partial charge in [0.2, 0.25) is 0 Å². The van der Waals surface area contributed by atoms with E-state index in [1.54, 1.807) is 11.8 Å². The van der Waals surface area contributed by atoms with Crippen LogP contribution in [-0.2, 0) is 6.54 Å². The molecule has 0 saturated heterocycles. The second-order valence-electron chi connectivity index (χ2n) is 4.23. The maximum Gasteiger partial charge on any atom is 0.271 e. The SMILES string of the molecule is CCCn1nc(C(=O)NCCSCCCO)ccc1=O. The molecule has 1 rings (SSSR count). The number of hydrogen-bond acceptors (Lipinski definition) is 5. The van der Waals surface area contributed by atoms with E-state index in [4.69, 9.17) is 5.11 Å². The minimum Gasteiger partial charge on any atom is -0.396 e. The minimum atomic E-state index is -0.266. The van der Waals surface area contributed by atoms with E-state index in [0.29, 0.717) is 13.1 Å². The summed E-state index contributed by atoms with van der Waals surface area (Å²) in [6.45, 7) is 3.20. The normalized spacial score (nSPS) is 10.5. The molecule has 1 amide bonds. The number of aryl methyl sites for hydroxylation is 1. The summed E-state index contributed by atoms with van der Waals surface area (Å²) in [7, 11) is 0. The van der Waals surface area contributed by atoms with Crippen LogP contribution in [0.2, 0.25) is 0 Å². The molecule has 0 bridgehead atoms. The Morgan fingerprint density at radius 3 is 2.95 bits per heavy atom. The van der Waals surface area contributed by atoms with Gasteiger partial charge in [0.25, 0.3) is 11.5 Å². The van der Waals surface area contributed by atoms with Crippen molar-refractivity contribution in [2.45, 2.75) is 26.3 Å². The molecule has 0 saturated carbocycles. The predicted molar refractivity (Wildman–Crippen MR) is 80.1 cm³/mol. The van der Waals surface area contributed by atoms with Gasteiger partial charge in [-0.05, 0) is 24.7 Å². The van der Waals surface area contributed by atoms with Gasteiger partial charge < -0.3 is 10.4 Å². The number of aromatic nitrogens is 2. The number of rotatable bonds is 9. The van der Waals surface area contributed by atoms with Crippen molar-refractivity contribution in [2.24, 2.45) is 0 Å². The Morgan fingerprint density at radius 2 is 2.25 bits per heavy atom. The minimum absolute atomic E-state index is 0.192. The van der Waals surface area contributed by atoms with E-state index in [1.807, 2.05) is 6.92 Å². The quantitative estimate of drug-likeness (QED) is 0.649.